The molecule has 3 rings (SSSR count). The Labute approximate surface area is 173 Å². The van der Waals surface area contributed by atoms with Crippen LogP contribution in [0.25, 0.3) is 0 Å². The SMILES string of the molecule is CCOc1cc(CN2CCCCCC2c2ccc(C)cc2)ccc1OCC(N)=O. The first-order valence-electron chi connectivity index (χ1n) is 10.5. The number of ether oxygens (including phenoxy) is 2. The Balaban J connectivity index is 1.80. The van der Waals surface area contributed by atoms with Gasteiger partial charge in [-0.25, -0.2) is 0 Å². The van der Waals surface area contributed by atoms with E-state index in [1.165, 1.54) is 42.4 Å². The van der Waals surface area contributed by atoms with Gasteiger partial charge in [0.25, 0.3) is 5.91 Å². The predicted molar refractivity (Wildman–Crippen MR) is 115 cm³/mol. The Morgan fingerprint density at radius 1 is 1.07 bits per heavy atom. The molecule has 1 atom stereocenters. The molecule has 2 N–H and O–H groups in total. The Morgan fingerprint density at radius 3 is 2.59 bits per heavy atom. The molecule has 29 heavy (non-hydrogen) atoms. The molecule has 2 aromatic rings. The van der Waals surface area contributed by atoms with Crippen LogP contribution >= 0.6 is 0 Å². The molecule has 0 aromatic heterocycles. The van der Waals surface area contributed by atoms with Gasteiger partial charge in [-0.3, -0.25) is 9.69 Å². The summed E-state index contributed by atoms with van der Waals surface area (Å²) in [6.45, 7) is 6.39. The third-order valence-corrected chi connectivity index (χ3v) is 5.39. The van der Waals surface area contributed by atoms with Gasteiger partial charge in [-0.05, 0) is 56.5 Å². The summed E-state index contributed by atoms with van der Waals surface area (Å²) in [7, 11) is 0. The van der Waals surface area contributed by atoms with Crippen LogP contribution in [0.1, 0.15) is 55.3 Å². The molecular weight excluding hydrogens is 364 g/mol. The third-order valence-electron chi connectivity index (χ3n) is 5.39. The first kappa shape index (κ1) is 21.2. The van der Waals surface area contributed by atoms with Crippen LogP contribution in [0.2, 0.25) is 0 Å². The molecule has 1 aliphatic rings. The largest absolute Gasteiger partial charge is 0.490 e. The van der Waals surface area contributed by atoms with E-state index in [0.29, 0.717) is 24.1 Å². The highest BCUT2D eigenvalue weighted by Crippen LogP contribution is 2.34. The molecule has 1 amide bonds. The van der Waals surface area contributed by atoms with Gasteiger partial charge in [0, 0.05) is 12.6 Å². The zero-order valence-electron chi connectivity index (χ0n) is 17.5. The summed E-state index contributed by atoms with van der Waals surface area (Å²) in [5.41, 5.74) is 9.07. The Kier molecular flexibility index (Phi) is 7.53. The van der Waals surface area contributed by atoms with E-state index in [4.69, 9.17) is 15.2 Å². The zero-order chi connectivity index (χ0) is 20.6. The van der Waals surface area contributed by atoms with E-state index in [0.717, 1.165) is 13.1 Å². The summed E-state index contributed by atoms with van der Waals surface area (Å²) in [6, 6.07) is 15.3. The van der Waals surface area contributed by atoms with Crippen LogP contribution in [0.4, 0.5) is 0 Å². The lowest BCUT2D eigenvalue weighted by Gasteiger charge is -2.30. The fourth-order valence-corrected chi connectivity index (χ4v) is 3.94. The molecule has 1 saturated heterocycles. The number of carbonyl (C=O) groups excluding carboxylic acids is 1. The number of primary amides is 1. The standard InChI is InChI=1S/C24H32N2O3/c1-3-28-23-15-19(10-13-22(23)29-17-24(25)27)16-26-14-6-4-5-7-21(26)20-11-8-18(2)9-12-20/h8-13,15,21H,3-7,14,16-17H2,1-2H3,(H2,25,27). The van der Waals surface area contributed by atoms with E-state index < -0.39 is 5.91 Å². The van der Waals surface area contributed by atoms with Crippen molar-refractivity contribution in [3.63, 3.8) is 0 Å². The van der Waals surface area contributed by atoms with Crippen LogP contribution in [0.3, 0.4) is 0 Å². The summed E-state index contributed by atoms with van der Waals surface area (Å²) in [4.78, 5) is 13.6. The number of benzene rings is 2. The second-order valence-electron chi connectivity index (χ2n) is 7.72. The smallest absolute Gasteiger partial charge is 0.255 e. The van der Waals surface area contributed by atoms with E-state index >= 15 is 0 Å². The number of nitrogens with two attached hydrogens (primary N) is 1. The second kappa shape index (κ2) is 10.3. The molecule has 1 fully saturated rings. The van der Waals surface area contributed by atoms with Gasteiger partial charge >= 0.3 is 0 Å². The molecule has 0 aliphatic carbocycles. The lowest BCUT2D eigenvalue weighted by atomic mass is 9.99. The topological polar surface area (TPSA) is 64.8 Å². The van der Waals surface area contributed by atoms with Gasteiger partial charge in [-0.15, -0.1) is 0 Å². The number of rotatable bonds is 8. The van der Waals surface area contributed by atoms with Gasteiger partial charge in [0.15, 0.2) is 18.1 Å². The number of hydrogen-bond donors (Lipinski definition) is 1. The summed E-state index contributed by atoms with van der Waals surface area (Å²) < 4.78 is 11.3. The molecule has 1 heterocycles. The molecule has 2 aromatic carbocycles. The summed E-state index contributed by atoms with van der Waals surface area (Å²) >= 11 is 0. The maximum Gasteiger partial charge on any atom is 0.255 e. The van der Waals surface area contributed by atoms with E-state index in [9.17, 15) is 4.79 Å². The Morgan fingerprint density at radius 2 is 1.86 bits per heavy atom. The first-order chi connectivity index (χ1) is 14.1. The lowest BCUT2D eigenvalue weighted by molar-refractivity contribution is -0.119. The van der Waals surface area contributed by atoms with E-state index in [2.05, 4.69) is 42.2 Å². The van der Waals surface area contributed by atoms with Gasteiger partial charge < -0.3 is 15.2 Å². The number of aryl methyl sites for hydroxylation is 1. The molecule has 5 nitrogen and oxygen atoms in total. The van der Waals surface area contributed by atoms with Crippen molar-refractivity contribution in [1.29, 1.82) is 0 Å². The van der Waals surface area contributed by atoms with Crippen LogP contribution in [0.5, 0.6) is 11.5 Å². The van der Waals surface area contributed by atoms with Crippen molar-refractivity contribution in [3.8, 4) is 11.5 Å². The third kappa shape index (κ3) is 5.97. The lowest BCUT2D eigenvalue weighted by Crippen LogP contribution is -2.28. The summed E-state index contributed by atoms with van der Waals surface area (Å²) in [5.74, 6) is 0.718. The van der Waals surface area contributed by atoms with Crippen molar-refractivity contribution in [2.24, 2.45) is 5.73 Å². The minimum Gasteiger partial charge on any atom is -0.490 e. The van der Waals surface area contributed by atoms with E-state index in [1.807, 2.05) is 19.1 Å². The average molecular weight is 397 g/mol. The number of hydrogen-bond acceptors (Lipinski definition) is 4. The predicted octanol–water partition coefficient (Wildman–Crippen LogP) is 4.38. The molecule has 0 spiro atoms. The summed E-state index contributed by atoms with van der Waals surface area (Å²) in [6.07, 6.45) is 4.95. The highest BCUT2D eigenvalue weighted by molar-refractivity contribution is 5.75. The number of amides is 1. The first-order valence-corrected chi connectivity index (χ1v) is 10.5. The molecule has 0 bridgehead atoms. The van der Waals surface area contributed by atoms with Crippen molar-refractivity contribution in [3.05, 3.63) is 59.2 Å². The Hall–Kier alpha value is -2.53. The minimum absolute atomic E-state index is 0.152. The number of likely N-dealkylation sites (tertiary alicyclic amines) is 1. The van der Waals surface area contributed by atoms with E-state index in [1.54, 1.807) is 0 Å². The molecule has 0 saturated carbocycles. The summed E-state index contributed by atoms with van der Waals surface area (Å²) in [5, 5.41) is 0. The van der Waals surface area contributed by atoms with Crippen molar-refractivity contribution in [2.75, 3.05) is 19.8 Å². The van der Waals surface area contributed by atoms with Gasteiger partial charge in [0.1, 0.15) is 0 Å². The highest BCUT2D eigenvalue weighted by atomic mass is 16.5. The maximum absolute atomic E-state index is 11.0. The highest BCUT2D eigenvalue weighted by Gasteiger charge is 2.23. The van der Waals surface area contributed by atoms with Crippen molar-refractivity contribution in [1.82, 2.24) is 4.90 Å². The van der Waals surface area contributed by atoms with Gasteiger partial charge in [0.05, 0.1) is 6.61 Å². The van der Waals surface area contributed by atoms with Crippen molar-refractivity contribution < 1.29 is 14.3 Å². The van der Waals surface area contributed by atoms with Crippen molar-refractivity contribution >= 4 is 5.91 Å². The van der Waals surface area contributed by atoms with E-state index in [-0.39, 0.29) is 6.61 Å². The molecule has 0 radical (unpaired) electrons. The fourth-order valence-electron chi connectivity index (χ4n) is 3.94. The minimum atomic E-state index is -0.498. The molecule has 5 heteroatoms. The number of nitrogens with zero attached hydrogens (tertiary/aromatic N) is 1. The average Bonchev–Trinajstić information content (AvgIpc) is 2.94. The maximum atomic E-state index is 11.0. The molecule has 156 valence electrons. The molecular formula is C24H32N2O3. The monoisotopic (exact) mass is 396 g/mol. The van der Waals surface area contributed by atoms with Gasteiger partial charge in [0.2, 0.25) is 0 Å². The van der Waals surface area contributed by atoms with Crippen LogP contribution in [-0.4, -0.2) is 30.6 Å². The van der Waals surface area contributed by atoms with Crippen molar-refractivity contribution in [2.45, 2.75) is 52.1 Å². The normalized spacial score (nSPS) is 17.5. The van der Waals surface area contributed by atoms with Gasteiger partial charge in [-0.1, -0.05) is 48.7 Å². The van der Waals surface area contributed by atoms with Crippen LogP contribution in [0.15, 0.2) is 42.5 Å². The Bertz CT molecular complexity index is 804. The van der Waals surface area contributed by atoms with Crippen LogP contribution < -0.4 is 15.2 Å². The fraction of sp³-hybridized carbons (Fsp3) is 0.458. The van der Waals surface area contributed by atoms with Gasteiger partial charge in [-0.2, -0.15) is 0 Å². The zero-order valence-corrected chi connectivity index (χ0v) is 17.5. The van der Waals surface area contributed by atoms with Crippen LogP contribution in [-0.2, 0) is 11.3 Å². The molecule has 1 aliphatic heterocycles. The number of carbonyl (C=O) groups is 1. The second-order valence-corrected chi connectivity index (χ2v) is 7.72. The van der Waals surface area contributed by atoms with Crippen LogP contribution in [0, 0.1) is 6.92 Å². The molecule has 1 unspecified atom stereocenters. The quantitative estimate of drug-likeness (QED) is 0.719.